The Morgan fingerprint density at radius 3 is 3.00 bits per heavy atom. The van der Waals surface area contributed by atoms with Crippen LogP contribution in [0.2, 0.25) is 0 Å². The maximum Gasteiger partial charge on any atom is 0.0220 e. The summed E-state index contributed by atoms with van der Waals surface area (Å²) in [5.41, 5.74) is 0. The van der Waals surface area contributed by atoms with Gasteiger partial charge in [0.05, 0.1) is 0 Å². The summed E-state index contributed by atoms with van der Waals surface area (Å²) in [6.07, 6.45) is 7.28. The minimum atomic E-state index is 0.860. The summed E-state index contributed by atoms with van der Waals surface area (Å²) in [5, 5.41) is 3.58. The van der Waals surface area contributed by atoms with E-state index in [0.29, 0.717) is 0 Å². The predicted octanol–water partition coefficient (Wildman–Crippen LogP) is 1.47. The van der Waals surface area contributed by atoms with Gasteiger partial charge >= 0.3 is 0 Å². The molecule has 14 heavy (non-hydrogen) atoms. The summed E-state index contributed by atoms with van der Waals surface area (Å²) in [6, 6.07) is 0.860. The Kier molecular flexibility index (Phi) is 2.50. The molecule has 2 heterocycles. The van der Waals surface area contributed by atoms with Gasteiger partial charge < -0.3 is 5.32 Å². The van der Waals surface area contributed by atoms with Crippen LogP contribution in [0, 0.1) is 11.8 Å². The fourth-order valence-corrected chi connectivity index (χ4v) is 3.26. The van der Waals surface area contributed by atoms with Gasteiger partial charge in [0.2, 0.25) is 0 Å². The van der Waals surface area contributed by atoms with Crippen LogP contribution in [0.5, 0.6) is 0 Å². The molecular weight excluding hydrogens is 172 g/mol. The van der Waals surface area contributed by atoms with Crippen LogP contribution in [0.25, 0.3) is 0 Å². The minimum Gasteiger partial charge on any atom is -0.315 e. The molecule has 3 rings (SSSR count). The first-order chi connectivity index (χ1) is 6.93. The normalized spacial score (nSPS) is 44.1. The second kappa shape index (κ2) is 3.82. The Labute approximate surface area is 87.0 Å². The van der Waals surface area contributed by atoms with E-state index in [1.807, 2.05) is 0 Å². The highest BCUT2D eigenvalue weighted by Crippen LogP contribution is 2.45. The topological polar surface area (TPSA) is 15.3 Å². The number of hydrogen-bond donors (Lipinski definition) is 1. The number of nitrogens with zero attached hydrogens (tertiary/aromatic N) is 1. The van der Waals surface area contributed by atoms with E-state index in [9.17, 15) is 0 Å². The summed E-state index contributed by atoms with van der Waals surface area (Å²) in [6.45, 7) is 5.29. The van der Waals surface area contributed by atoms with E-state index in [4.69, 9.17) is 0 Å². The third kappa shape index (κ3) is 1.82. The van der Waals surface area contributed by atoms with Crippen LogP contribution in [0.15, 0.2) is 0 Å². The lowest BCUT2D eigenvalue weighted by atomic mass is 10.0. The average molecular weight is 194 g/mol. The molecule has 3 aliphatic rings. The first-order valence-corrected chi connectivity index (χ1v) is 6.38. The lowest BCUT2D eigenvalue weighted by Crippen LogP contribution is -2.44. The Morgan fingerprint density at radius 2 is 2.07 bits per heavy atom. The molecule has 2 saturated heterocycles. The third-order valence-electron chi connectivity index (χ3n) is 4.36. The molecule has 3 fully saturated rings. The molecule has 0 spiro atoms. The smallest absolute Gasteiger partial charge is 0.0220 e. The molecule has 1 aliphatic carbocycles. The highest BCUT2D eigenvalue weighted by Gasteiger charge is 2.42. The van der Waals surface area contributed by atoms with Crippen molar-refractivity contribution in [2.24, 2.45) is 11.8 Å². The number of rotatable bonds is 1. The first kappa shape index (κ1) is 9.17. The van der Waals surface area contributed by atoms with E-state index in [1.165, 1.54) is 58.3 Å². The molecule has 0 radical (unpaired) electrons. The summed E-state index contributed by atoms with van der Waals surface area (Å²) >= 11 is 0. The molecule has 0 bridgehead atoms. The van der Waals surface area contributed by atoms with Gasteiger partial charge in [-0.3, -0.25) is 4.90 Å². The second-order valence-corrected chi connectivity index (χ2v) is 5.39. The van der Waals surface area contributed by atoms with Gasteiger partial charge in [-0.25, -0.2) is 0 Å². The lowest BCUT2D eigenvalue weighted by Gasteiger charge is -2.33. The van der Waals surface area contributed by atoms with Crippen molar-refractivity contribution in [3.05, 3.63) is 0 Å². The Bertz CT molecular complexity index is 194. The minimum absolute atomic E-state index is 0.860. The van der Waals surface area contributed by atoms with Crippen LogP contribution in [-0.4, -0.2) is 37.1 Å². The summed E-state index contributed by atoms with van der Waals surface area (Å²) in [4.78, 5) is 2.77. The van der Waals surface area contributed by atoms with Gasteiger partial charge in [0, 0.05) is 19.1 Å². The van der Waals surface area contributed by atoms with E-state index in [-0.39, 0.29) is 0 Å². The molecule has 0 aromatic rings. The molecule has 0 amide bonds. The van der Waals surface area contributed by atoms with Gasteiger partial charge in [0.25, 0.3) is 0 Å². The van der Waals surface area contributed by atoms with Gasteiger partial charge in [-0.1, -0.05) is 6.42 Å². The summed E-state index contributed by atoms with van der Waals surface area (Å²) < 4.78 is 0. The van der Waals surface area contributed by atoms with Crippen LogP contribution in [0.3, 0.4) is 0 Å². The quantitative estimate of drug-likeness (QED) is 0.680. The monoisotopic (exact) mass is 194 g/mol. The van der Waals surface area contributed by atoms with Crippen LogP contribution < -0.4 is 5.32 Å². The van der Waals surface area contributed by atoms with E-state index < -0.39 is 0 Å². The zero-order valence-electron chi connectivity index (χ0n) is 9.04. The molecule has 2 heteroatoms. The van der Waals surface area contributed by atoms with E-state index in [0.717, 1.165) is 17.9 Å². The highest BCUT2D eigenvalue weighted by atomic mass is 15.2. The molecule has 80 valence electrons. The molecular formula is C12H22N2. The van der Waals surface area contributed by atoms with Crippen molar-refractivity contribution >= 4 is 0 Å². The molecule has 0 aromatic carbocycles. The van der Waals surface area contributed by atoms with Crippen molar-refractivity contribution in [3.63, 3.8) is 0 Å². The zero-order valence-corrected chi connectivity index (χ0v) is 9.04. The van der Waals surface area contributed by atoms with Crippen molar-refractivity contribution in [1.29, 1.82) is 0 Å². The first-order valence-electron chi connectivity index (χ1n) is 6.38. The second-order valence-electron chi connectivity index (χ2n) is 5.39. The van der Waals surface area contributed by atoms with Crippen LogP contribution in [0.1, 0.15) is 32.1 Å². The molecule has 1 N–H and O–H groups in total. The maximum atomic E-state index is 3.58. The Morgan fingerprint density at radius 1 is 1.07 bits per heavy atom. The Balaban J connectivity index is 1.57. The highest BCUT2D eigenvalue weighted by molar-refractivity contribution is 4.95. The van der Waals surface area contributed by atoms with E-state index >= 15 is 0 Å². The SMILES string of the molecule is C1CCC(N2CCC3CC3C2)CNC1. The average Bonchev–Trinajstić information content (AvgIpc) is 3.01. The van der Waals surface area contributed by atoms with Crippen molar-refractivity contribution in [2.75, 3.05) is 26.2 Å². The van der Waals surface area contributed by atoms with Crippen LogP contribution in [0.4, 0.5) is 0 Å². The fraction of sp³-hybridized carbons (Fsp3) is 1.00. The van der Waals surface area contributed by atoms with Gasteiger partial charge in [0.15, 0.2) is 0 Å². The van der Waals surface area contributed by atoms with Crippen LogP contribution >= 0.6 is 0 Å². The van der Waals surface area contributed by atoms with Gasteiger partial charge in [-0.2, -0.15) is 0 Å². The molecule has 2 nitrogen and oxygen atoms in total. The van der Waals surface area contributed by atoms with Crippen molar-refractivity contribution in [2.45, 2.75) is 38.1 Å². The Hall–Kier alpha value is -0.0800. The molecule has 3 unspecified atom stereocenters. The summed E-state index contributed by atoms with van der Waals surface area (Å²) in [5.74, 6) is 2.22. The number of nitrogens with one attached hydrogen (secondary N) is 1. The lowest BCUT2D eigenvalue weighted by molar-refractivity contribution is 0.150. The molecule has 0 aromatic heterocycles. The largest absolute Gasteiger partial charge is 0.315 e. The maximum absolute atomic E-state index is 3.58. The number of hydrogen-bond acceptors (Lipinski definition) is 2. The van der Waals surface area contributed by atoms with Crippen LogP contribution in [-0.2, 0) is 0 Å². The van der Waals surface area contributed by atoms with E-state index in [2.05, 4.69) is 10.2 Å². The number of piperidine rings is 1. The van der Waals surface area contributed by atoms with Gasteiger partial charge in [0.1, 0.15) is 0 Å². The standard InChI is InChI=1S/C12H22N2/c1-2-5-13-8-12(3-1)14-6-4-10-7-11(10)9-14/h10-13H,1-9H2. The summed E-state index contributed by atoms with van der Waals surface area (Å²) in [7, 11) is 0. The van der Waals surface area contributed by atoms with Crippen molar-refractivity contribution in [3.8, 4) is 0 Å². The van der Waals surface area contributed by atoms with Crippen molar-refractivity contribution in [1.82, 2.24) is 10.2 Å². The molecule has 1 saturated carbocycles. The van der Waals surface area contributed by atoms with E-state index in [1.54, 1.807) is 0 Å². The number of likely N-dealkylation sites (tertiary alicyclic amines) is 1. The zero-order chi connectivity index (χ0) is 9.38. The van der Waals surface area contributed by atoms with Gasteiger partial charge in [-0.05, 0) is 50.6 Å². The predicted molar refractivity (Wildman–Crippen MR) is 58.3 cm³/mol. The number of fused-ring (bicyclic) bond motifs is 1. The third-order valence-corrected chi connectivity index (χ3v) is 4.36. The fourth-order valence-electron chi connectivity index (χ4n) is 3.26. The molecule has 2 aliphatic heterocycles. The molecule has 3 atom stereocenters. The van der Waals surface area contributed by atoms with Crippen molar-refractivity contribution < 1.29 is 0 Å². The van der Waals surface area contributed by atoms with Gasteiger partial charge in [-0.15, -0.1) is 0 Å².